The number of imidazole rings is 2. The summed E-state index contributed by atoms with van der Waals surface area (Å²) in [6.07, 6.45) is 10.4. The van der Waals surface area contributed by atoms with E-state index >= 15 is 0 Å². The lowest BCUT2D eigenvalue weighted by Crippen LogP contribution is -2.53. The Morgan fingerprint density at radius 2 is 1.34 bits per heavy atom. The Kier molecular flexibility index (Phi) is 12.5. The molecule has 3 aliphatic rings. The third-order valence-corrected chi connectivity index (χ3v) is 12.9. The van der Waals surface area contributed by atoms with E-state index in [-0.39, 0.29) is 35.7 Å². The average Bonchev–Trinajstić information content (AvgIpc) is 4.20. The van der Waals surface area contributed by atoms with Crippen molar-refractivity contribution < 1.29 is 33.4 Å². The van der Waals surface area contributed by atoms with Crippen molar-refractivity contribution in [2.45, 2.75) is 63.2 Å². The molecule has 3 aliphatic heterocycles. The van der Waals surface area contributed by atoms with E-state index in [9.17, 15) is 19.2 Å². The topological polar surface area (TPSA) is 210 Å². The van der Waals surface area contributed by atoms with E-state index in [2.05, 4.69) is 98.2 Å². The van der Waals surface area contributed by atoms with Crippen molar-refractivity contribution in [1.82, 2.24) is 50.3 Å². The molecule has 0 aliphatic carbocycles. The van der Waals surface area contributed by atoms with Crippen LogP contribution in [0.15, 0.2) is 91.6 Å². The van der Waals surface area contributed by atoms with Gasteiger partial charge in [0.2, 0.25) is 5.91 Å². The van der Waals surface area contributed by atoms with Crippen LogP contribution in [0, 0.1) is 11.8 Å². The maximum atomic E-state index is 14.0. The quantitative estimate of drug-likeness (QED) is 0.105. The molecule has 3 fully saturated rings. The van der Waals surface area contributed by atoms with Crippen LogP contribution in [0.1, 0.15) is 74.5 Å². The molecule has 6 heterocycles. The molecule has 3 aromatic carbocycles. The predicted octanol–water partition coefficient (Wildman–Crippen LogP) is 6.90. The molecule has 3 saturated heterocycles. The van der Waals surface area contributed by atoms with Crippen LogP contribution in [0.2, 0.25) is 0 Å². The molecular formula is C48H52N10O7. The number of hydrogen-bond acceptors (Lipinski definition) is 11. The number of hydrogen-bond donors (Lipinski definition) is 4. The number of rotatable bonds is 11. The van der Waals surface area contributed by atoms with Crippen molar-refractivity contribution in [3.05, 3.63) is 109 Å². The van der Waals surface area contributed by atoms with Gasteiger partial charge in [-0.1, -0.05) is 55.5 Å². The Bertz CT molecular complexity index is 2660. The smallest absolute Gasteiger partial charge is 0.407 e. The first-order chi connectivity index (χ1) is 31.7. The van der Waals surface area contributed by atoms with Gasteiger partial charge in [-0.3, -0.25) is 19.6 Å². The van der Waals surface area contributed by atoms with Crippen LogP contribution in [-0.4, -0.2) is 110 Å². The number of carbonyl (C=O) groups is 4. The third kappa shape index (κ3) is 9.14. The summed E-state index contributed by atoms with van der Waals surface area (Å²) < 4.78 is 15.2. The van der Waals surface area contributed by atoms with Crippen LogP contribution in [0.4, 0.5) is 9.59 Å². The van der Waals surface area contributed by atoms with Gasteiger partial charge in [0.25, 0.3) is 5.91 Å². The molecule has 9 rings (SSSR count). The molecule has 336 valence electrons. The van der Waals surface area contributed by atoms with Gasteiger partial charge in [0, 0.05) is 44.3 Å². The first-order valence-corrected chi connectivity index (χ1v) is 22.1. The molecule has 2 unspecified atom stereocenters. The molecule has 65 heavy (non-hydrogen) atoms. The number of alkyl carbamates (subject to hydrolysis) is 2. The van der Waals surface area contributed by atoms with Gasteiger partial charge >= 0.3 is 12.2 Å². The lowest BCUT2D eigenvalue weighted by molar-refractivity contribution is -0.137. The highest BCUT2D eigenvalue weighted by atomic mass is 16.5. The molecule has 0 spiro atoms. The van der Waals surface area contributed by atoms with E-state index in [1.165, 1.54) is 32.8 Å². The van der Waals surface area contributed by atoms with E-state index < -0.39 is 24.3 Å². The number of H-pyrrole nitrogens is 2. The second-order valence-electron chi connectivity index (χ2n) is 17.0. The van der Waals surface area contributed by atoms with E-state index in [0.717, 1.165) is 63.1 Å². The molecule has 17 heteroatoms. The second-order valence-corrected chi connectivity index (χ2v) is 17.0. The van der Waals surface area contributed by atoms with Crippen LogP contribution >= 0.6 is 0 Å². The number of aromatic nitrogens is 6. The van der Waals surface area contributed by atoms with Crippen molar-refractivity contribution in [3.63, 3.8) is 0 Å². The normalized spacial score (nSPS) is 19.8. The van der Waals surface area contributed by atoms with E-state index in [1.807, 2.05) is 11.1 Å². The largest absolute Gasteiger partial charge is 0.453 e. The number of amides is 4. The summed E-state index contributed by atoms with van der Waals surface area (Å²) in [4.78, 5) is 81.0. The monoisotopic (exact) mass is 880 g/mol. The van der Waals surface area contributed by atoms with Gasteiger partial charge in [-0.15, -0.1) is 0 Å². The van der Waals surface area contributed by atoms with Crippen LogP contribution in [-0.2, 0) is 23.8 Å². The Hall–Kier alpha value is -7.14. The summed E-state index contributed by atoms with van der Waals surface area (Å²) in [5.74, 6) is 1.13. The fourth-order valence-electron chi connectivity index (χ4n) is 9.46. The Morgan fingerprint density at radius 3 is 2.03 bits per heavy atom. The number of ether oxygens (including phenoxy) is 3. The van der Waals surface area contributed by atoms with Crippen LogP contribution in [0.3, 0.4) is 0 Å². The molecule has 0 radical (unpaired) electrons. The zero-order chi connectivity index (χ0) is 45.0. The summed E-state index contributed by atoms with van der Waals surface area (Å²) >= 11 is 0. The molecule has 0 saturated carbocycles. The van der Waals surface area contributed by atoms with Gasteiger partial charge in [0.05, 0.1) is 62.0 Å². The molecule has 0 bridgehead atoms. The number of aromatic amines is 2. The van der Waals surface area contributed by atoms with Crippen molar-refractivity contribution in [3.8, 4) is 33.6 Å². The third-order valence-electron chi connectivity index (χ3n) is 12.9. The second kappa shape index (κ2) is 18.9. The minimum Gasteiger partial charge on any atom is -0.453 e. The summed E-state index contributed by atoms with van der Waals surface area (Å²) in [6.45, 7) is 4.27. The fourth-order valence-corrected chi connectivity index (χ4v) is 9.46. The summed E-state index contributed by atoms with van der Waals surface area (Å²) in [5.41, 5.74) is 6.07. The van der Waals surface area contributed by atoms with Crippen LogP contribution in [0.25, 0.3) is 44.4 Å². The van der Waals surface area contributed by atoms with Gasteiger partial charge in [-0.2, -0.15) is 0 Å². The maximum absolute atomic E-state index is 14.0. The minimum atomic E-state index is -1.07. The Morgan fingerprint density at radius 1 is 0.708 bits per heavy atom. The fraction of sp³-hybridized carbons (Fsp3) is 0.375. The van der Waals surface area contributed by atoms with Crippen molar-refractivity contribution in [1.29, 1.82) is 0 Å². The molecule has 17 nitrogen and oxygen atoms in total. The van der Waals surface area contributed by atoms with Gasteiger partial charge in [0.1, 0.15) is 17.7 Å². The number of fused-ring (bicyclic) bond motifs is 1. The molecule has 4 N–H and O–H groups in total. The van der Waals surface area contributed by atoms with Crippen molar-refractivity contribution in [2.75, 3.05) is 40.5 Å². The molecule has 3 aromatic heterocycles. The maximum Gasteiger partial charge on any atom is 0.407 e. The molecular weight excluding hydrogens is 829 g/mol. The molecule has 4 amide bonds. The van der Waals surface area contributed by atoms with E-state index in [4.69, 9.17) is 24.2 Å². The molecule has 6 aromatic rings. The molecule has 5 atom stereocenters. The van der Waals surface area contributed by atoms with Crippen LogP contribution < -0.4 is 10.6 Å². The van der Waals surface area contributed by atoms with Gasteiger partial charge in [-0.05, 0) is 83.5 Å². The highest BCUT2D eigenvalue weighted by Gasteiger charge is 2.42. The predicted molar refractivity (Wildman–Crippen MR) is 240 cm³/mol. The summed E-state index contributed by atoms with van der Waals surface area (Å²) in [7, 11) is 2.56. The average molecular weight is 881 g/mol. The summed E-state index contributed by atoms with van der Waals surface area (Å²) in [5, 5.41) is 7.61. The van der Waals surface area contributed by atoms with Crippen LogP contribution in [0.5, 0.6) is 0 Å². The highest BCUT2D eigenvalue weighted by molar-refractivity contribution is 5.91. The number of likely N-dealkylation sites (tertiary alicyclic amines) is 2. The SMILES string of the molecule is COC(=O)NC(C(=O)N1CC(C)C[C@H]1c1ncc(-c2ccc(-c3ccc4cc(-c5cnc([C@@H]6CCCN6C(=O)[C@@H](NC(=O)OC)C6CCOCC6)[nH]5)ccc4c3)cc2)[nH]1)c1cnccn1. The van der Waals surface area contributed by atoms with Crippen molar-refractivity contribution >= 4 is 34.8 Å². The minimum absolute atomic E-state index is 0.0339. The lowest BCUT2D eigenvalue weighted by Gasteiger charge is -2.34. The Balaban J connectivity index is 0.875. The van der Waals surface area contributed by atoms with E-state index in [0.29, 0.717) is 57.1 Å². The van der Waals surface area contributed by atoms with Crippen molar-refractivity contribution in [2.24, 2.45) is 11.8 Å². The summed E-state index contributed by atoms with van der Waals surface area (Å²) in [6, 6.07) is 18.7. The first kappa shape index (κ1) is 43.1. The standard InChI is InChI=1S/C48H52N10O7/c1-28-21-40(58(27-28)46(60)42(56-48(62)64-3)38-24-49-16-17-50-38)44-52-25-36(53-44)30-8-6-29(7-9-30)32-10-11-34-23-35(13-12-33(34)22-32)37-26-51-43(54-37)39-5-4-18-57(39)45(59)41(55-47(61)63-2)31-14-19-65-20-15-31/h6-13,16-17,22-26,28,31,39-42H,4-5,14-15,18-21,27H2,1-3H3,(H,51,54)(H,52,53)(H,55,61)(H,56,62)/t28?,39-,40-,41-,42?/m0/s1. The lowest BCUT2D eigenvalue weighted by atomic mass is 9.90. The van der Waals surface area contributed by atoms with Gasteiger partial charge in [0.15, 0.2) is 6.04 Å². The first-order valence-electron chi connectivity index (χ1n) is 22.1. The Labute approximate surface area is 375 Å². The zero-order valence-corrected chi connectivity index (χ0v) is 36.5. The van der Waals surface area contributed by atoms with Gasteiger partial charge < -0.3 is 44.6 Å². The van der Waals surface area contributed by atoms with E-state index in [1.54, 1.807) is 11.1 Å². The number of carbonyl (C=O) groups excluding carboxylic acids is 4. The van der Waals surface area contributed by atoms with Gasteiger partial charge in [-0.25, -0.2) is 19.6 Å². The number of nitrogens with zero attached hydrogens (tertiary/aromatic N) is 6. The highest BCUT2D eigenvalue weighted by Crippen LogP contribution is 2.38. The number of nitrogens with one attached hydrogen (secondary N) is 4. The zero-order valence-electron chi connectivity index (χ0n) is 36.5. The number of methoxy groups -OCH3 is 2. The number of benzene rings is 3.